The number of hydrogen-bond donors (Lipinski definition) is 1. The molecule has 0 atom stereocenters. The summed E-state index contributed by atoms with van der Waals surface area (Å²) in [4.78, 5) is 39.7. The molecule has 2 aliphatic rings. The highest BCUT2D eigenvalue weighted by Gasteiger charge is 2.27. The van der Waals surface area contributed by atoms with Crippen LogP contribution in [-0.2, 0) is 0 Å². The van der Waals surface area contributed by atoms with Gasteiger partial charge >= 0.3 is 0 Å². The highest BCUT2D eigenvalue weighted by molar-refractivity contribution is 6.22. The topological polar surface area (TPSA) is 66.5 Å². The van der Waals surface area contributed by atoms with Crippen molar-refractivity contribution in [3.05, 3.63) is 89.0 Å². The van der Waals surface area contributed by atoms with Crippen molar-refractivity contribution >= 4 is 23.3 Å². The van der Waals surface area contributed by atoms with Crippen molar-refractivity contribution in [2.45, 2.75) is 12.8 Å². The molecule has 30 heavy (non-hydrogen) atoms. The first-order chi connectivity index (χ1) is 14.6. The molecule has 0 bridgehead atoms. The Morgan fingerprint density at radius 2 is 1.37 bits per heavy atom. The summed E-state index contributed by atoms with van der Waals surface area (Å²) in [5.41, 5.74) is 4.63. The van der Waals surface area contributed by atoms with E-state index in [1.165, 1.54) is 0 Å². The van der Waals surface area contributed by atoms with Crippen LogP contribution in [-0.4, -0.2) is 35.6 Å². The Morgan fingerprint density at radius 3 is 2.10 bits per heavy atom. The Labute approximate surface area is 174 Å². The Bertz CT molecular complexity index is 1180. The molecule has 0 aromatic heterocycles. The van der Waals surface area contributed by atoms with Crippen molar-refractivity contribution in [3.63, 3.8) is 0 Å². The number of benzene rings is 3. The van der Waals surface area contributed by atoms with Gasteiger partial charge in [-0.3, -0.25) is 14.4 Å². The number of hydrogen-bond acceptors (Lipinski definition) is 3. The van der Waals surface area contributed by atoms with E-state index in [2.05, 4.69) is 5.32 Å². The zero-order valence-electron chi connectivity index (χ0n) is 16.4. The molecular formula is C25H20N2O3. The molecule has 1 aliphatic carbocycles. The van der Waals surface area contributed by atoms with Crippen LogP contribution in [0.1, 0.15) is 49.5 Å². The van der Waals surface area contributed by atoms with Gasteiger partial charge in [0.2, 0.25) is 0 Å². The summed E-state index contributed by atoms with van der Waals surface area (Å²) in [5, 5.41) is 2.85. The summed E-state index contributed by atoms with van der Waals surface area (Å²) in [6, 6.07) is 19.6. The fraction of sp³-hybridized carbons (Fsp3) is 0.160. The van der Waals surface area contributed by atoms with Crippen molar-refractivity contribution in [3.8, 4) is 11.1 Å². The molecule has 0 unspecified atom stereocenters. The number of likely N-dealkylation sites (tertiary alicyclic amines) is 1. The van der Waals surface area contributed by atoms with E-state index < -0.39 is 0 Å². The number of nitrogens with one attached hydrogen (secondary N) is 1. The van der Waals surface area contributed by atoms with E-state index in [0.717, 1.165) is 37.1 Å². The van der Waals surface area contributed by atoms with Crippen LogP contribution in [0.4, 0.5) is 5.69 Å². The fourth-order valence-corrected chi connectivity index (χ4v) is 4.17. The molecule has 0 saturated carbocycles. The zero-order valence-corrected chi connectivity index (χ0v) is 16.4. The molecular weight excluding hydrogens is 376 g/mol. The monoisotopic (exact) mass is 396 g/mol. The van der Waals surface area contributed by atoms with E-state index in [1.54, 1.807) is 36.4 Å². The number of rotatable bonds is 3. The van der Waals surface area contributed by atoms with Crippen LogP contribution in [0.2, 0.25) is 0 Å². The minimum absolute atomic E-state index is 0.0297. The molecule has 0 spiro atoms. The highest BCUT2D eigenvalue weighted by atomic mass is 16.2. The van der Waals surface area contributed by atoms with E-state index in [1.807, 2.05) is 35.2 Å². The first-order valence-electron chi connectivity index (χ1n) is 10.1. The minimum Gasteiger partial charge on any atom is -0.339 e. The lowest BCUT2D eigenvalue weighted by molar-refractivity contribution is 0.0792. The predicted molar refractivity (Wildman–Crippen MR) is 115 cm³/mol. The lowest BCUT2D eigenvalue weighted by Gasteiger charge is -2.15. The van der Waals surface area contributed by atoms with Crippen LogP contribution in [0, 0.1) is 0 Å². The maximum Gasteiger partial charge on any atom is 0.255 e. The second kappa shape index (κ2) is 7.26. The lowest BCUT2D eigenvalue weighted by Crippen LogP contribution is -2.27. The van der Waals surface area contributed by atoms with Crippen molar-refractivity contribution in [2.75, 3.05) is 18.4 Å². The van der Waals surface area contributed by atoms with Crippen LogP contribution in [0.25, 0.3) is 11.1 Å². The van der Waals surface area contributed by atoms with Gasteiger partial charge in [0.15, 0.2) is 5.78 Å². The maximum atomic E-state index is 12.7. The van der Waals surface area contributed by atoms with Gasteiger partial charge in [-0.2, -0.15) is 0 Å². The Hall–Kier alpha value is -3.73. The largest absolute Gasteiger partial charge is 0.339 e. The van der Waals surface area contributed by atoms with Crippen LogP contribution < -0.4 is 5.32 Å². The number of carbonyl (C=O) groups excluding carboxylic acids is 3. The lowest BCUT2D eigenvalue weighted by atomic mass is 10.0. The van der Waals surface area contributed by atoms with Crippen LogP contribution in [0.15, 0.2) is 66.7 Å². The molecule has 1 heterocycles. The molecule has 3 aromatic carbocycles. The number of nitrogens with zero attached hydrogens (tertiary/aromatic N) is 1. The normalized spacial score (nSPS) is 14.4. The molecule has 1 saturated heterocycles. The number of fused-ring (bicyclic) bond motifs is 3. The van der Waals surface area contributed by atoms with E-state index in [0.29, 0.717) is 27.9 Å². The van der Waals surface area contributed by atoms with Crippen molar-refractivity contribution < 1.29 is 14.4 Å². The van der Waals surface area contributed by atoms with Gasteiger partial charge in [0.25, 0.3) is 11.8 Å². The van der Waals surface area contributed by atoms with Crippen LogP contribution >= 0.6 is 0 Å². The standard InChI is InChI=1S/C25H20N2O3/c28-23-21-6-2-1-5-19(21)20-12-9-17(15-22(20)23)24(29)26-18-10-7-16(8-11-18)25(30)27-13-3-4-14-27/h1-2,5-12,15H,3-4,13-14H2,(H,26,29). The summed E-state index contributed by atoms with van der Waals surface area (Å²) in [6.45, 7) is 1.61. The first kappa shape index (κ1) is 18.3. The van der Waals surface area contributed by atoms with Gasteiger partial charge < -0.3 is 10.2 Å². The van der Waals surface area contributed by atoms with Gasteiger partial charge in [-0.25, -0.2) is 0 Å². The smallest absolute Gasteiger partial charge is 0.255 e. The maximum absolute atomic E-state index is 12.7. The van der Waals surface area contributed by atoms with Gasteiger partial charge in [0, 0.05) is 41.0 Å². The van der Waals surface area contributed by atoms with Crippen molar-refractivity contribution in [1.82, 2.24) is 4.90 Å². The summed E-state index contributed by atoms with van der Waals surface area (Å²) in [5.74, 6) is -0.317. The second-order valence-corrected chi connectivity index (χ2v) is 7.67. The third-order valence-electron chi connectivity index (χ3n) is 5.77. The van der Waals surface area contributed by atoms with Crippen LogP contribution in [0.3, 0.4) is 0 Å². The molecule has 1 aliphatic heterocycles. The molecule has 3 aromatic rings. The predicted octanol–water partition coefficient (Wildman–Crippen LogP) is 4.39. The number of ketones is 1. The van der Waals surface area contributed by atoms with E-state index >= 15 is 0 Å². The highest BCUT2D eigenvalue weighted by Crippen LogP contribution is 2.36. The van der Waals surface area contributed by atoms with E-state index in [9.17, 15) is 14.4 Å². The number of anilines is 1. The number of carbonyl (C=O) groups is 3. The quantitative estimate of drug-likeness (QED) is 0.559. The summed E-state index contributed by atoms with van der Waals surface area (Å²) in [7, 11) is 0. The summed E-state index contributed by atoms with van der Waals surface area (Å²) in [6.07, 6.45) is 2.10. The number of amides is 2. The second-order valence-electron chi connectivity index (χ2n) is 7.67. The molecule has 5 rings (SSSR count). The average molecular weight is 396 g/mol. The van der Waals surface area contributed by atoms with Gasteiger partial charge in [0.1, 0.15) is 0 Å². The molecule has 1 N–H and O–H groups in total. The minimum atomic E-state index is -0.292. The van der Waals surface area contributed by atoms with Crippen molar-refractivity contribution in [1.29, 1.82) is 0 Å². The van der Waals surface area contributed by atoms with Crippen molar-refractivity contribution in [2.24, 2.45) is 0 Å². The molecule has 2 amide bonds. The van der Waals surface area contributed by atoms with E-state index in [4.69, 9.17) is 0 Å². The Kier molecular flexibility index (Phi) is 4.43. The Morgan fingerprint density at radius 1 is 0.733 bits per heavy atom. The first-order valence-corrected chi connectivity index (χ1v) is 10.1. The van der Waals surface area contributed by atoms with Gasteiger partial charge in [-0.1, -0.05) is 30.3 Å². The zero-order chi connectivity index (χ0) is 20.7. The SMILES string of the molecule is O=C(Nc1ccc(C(=O)N2CCCC2)cc1)c1ccc2c(c1)C(=O)c1ccccc1-2. The molecule has 0 radical (unpaired) electrons. The van der Waals surface area contributed by atoms with E-state index in [-0.39, 0.29) is 17.6 Å². The van der Waals surface area contributed by atoms with Gasteiger partial charge in [-0.05, 0) is 60.4 Å². The third kappa shape index (κ3) is 3.08. The van der Waals surface area contributed by atoms with Gasteiger partial charge in [0.05, 0.1) is 0 Å². The molecule has 5 heteroatoms. The Balaban J connectivity index is 1.33. The molecule has 5 nitrogen and oxygen atoms in total. The molecule has 1 fully saturated rings. The van der Waals surface area contributed by atoms with Crippen LogP contribution in [0.5, 0.6) is 0 Å². The fourth-order valence-electron chi connectivity index (χ4n) is 4.17. The van der Waals surface area contributed by atoms with Gasteiger partial charge in [-0.15, -0.1) is 0 Å². The molecule has 148 valence electrons. The average Bonchev–Trinajstić information content (AvgIpc) is 3.41. The summed E-state index contributed by atoms with van der Waals surface area (Å²) < 4.78 is 0. The summed E-state index contributed by atoms with van der Waals surface area (Å²) >= 11 is 0. The third-order valence-corrected chi connectivity index (χ3v) is 5.77.